The minimum atomic E-state index is -1.90. The number of ketones is 1. The normalized spacial score (nSPS) is 52.4. The number of aliphatic carboxylic acids is 1. The number of aliphatic hydroxyl groups is 5. The van der Waals surface area contributed by atoms with E-state index in [1.807, 2.05) is 13.0 Å². The molecule has 0 bridgehead atoms. The Bertz CT molecular complexity index is 1670. The van der Waals surface area contributed by atoms with E-state index >= 15 is 0 Å². The molecule has 0 radical (unpaired) electrons. The zero-order valence-corrected chi connectivity index (χ0v) is 34.4. The highest BCUT2D eigenvalue weighted by Crippen LogP contribution is 2.75. The molecular formula is C42H62O16. The van der Waals surface area contributed by atoms with E-state index in [2.05, 4.69) is 41.5 Å². The number of hydrogen-bond acceptors (Lipinski definition) is 15. The van der Waals surface area contributed by atoms with Crippen molar-refractivity contribution in [2.75, 3.05) is 0 Å². The number of hydrogen-bond donors (Lipinski definition) is 6. The van der Waals surface area contributed by atoms with Crippen LogP contribution >= 0.6 is 0 Å². The van der Waals surface area contributed by atoms with Crippen molar-refractivity contribution in [3.05, 3.63) is 11.6 Å². The van der Waals surface area contributed by atoms with Crippen molar-refractivity contribution >= 4 is 24.7 Å². The van der Waals surface area contributed by atoms with E-state index in [4.69, 9.17) is 28.4 Å². The topological polar surface area (TPSA) is 245 Å². The Kier molecular flexibility index (Phi) is 11.1. The second kappa shape index (κ2) is 14.8. The molecule has 16 heteroatoms. The van der Waals surface area contributed by atoms with Gasteiger partial charge in [0.05, 0.1) is 11.5 Å². The first-order valence-corrected chi connectivity index (χ1v) is 20.7. The summed E-state index contributed by atoms with van der Waals surface area (Å²) in [5.74, 6) is -1.05. The monoisotopic (exact) mass is 822 g/mol. The quantitative estimate of drug-likeness (QED) is 0.144. The number of carboxylic acid groups (broad SMARTS) is 1. The molecule has 7 rings (SSSR count). The van der Waals surface area contributed by atoms with Gasteiger partial charge in [0.1, 0.15) is 36.6 Å². The average Bonchev–Trinajstić information content (AvgIpc) is 3.15. The zero-order valence-electron chi connectivity index (χ0n) is 34.4. The Hall–Kier alpha value is -2.54. The fourth-order valence-corrected chi connectivity index (χ4v) is 13.2. The SMILES string of the molecule is CC1(C)[C@@H](O[C@@H]2OC(OC=O)[C@@H](O)C(O)[C@@H]2O[C@@H]2OC(OC=O)[C@@H](O)C(O)[C@@H]2O)CC[C@]2(C)[C@H]3C(=O)C=C4[C@@H]5C[C@@](C)(C(=O)O)CC[C@]5(C)CC[C@@]4(C)[C@]3(C)CC[C@@H]12. The molecular weight excluding hydrogens is 760 g/mol. The summed E-state index contributed by atoms with van der Waals surface area (Å²) < 4.78 is 33.5. The molecule has 0 aromatic rings. The predicted molar refractivity (Wildman–Crippen MR) is 198 cm³/mol. The average molecular weight is 823 g/mol. The van der Waals surface area contributed by atoms with E-state index in [-0.39, 0.29) is 47.3 Å². The Balaban J connectivity index is 1.17. The number of carbonyl (C=O) groups excluding carboxylic acids is 3. The molecule has 0 aromatic heterocycles. The van der Waals surface area contributed by atoms with Crippen molar-refractivity contribution in [2.24, 2.45) is 50.2 Å². The van der Waals surface area contributed by atoms with Crippen LogP contribution in [0.25, 0.3) is 0 Å². The van der Waals surface area contributed by atoms with Gasteiger partial charge in [-0.2, -0.15) is 0 Å². The minimum absolute atomic E-state index is 0.00244. The molecule has 6 N–H and O–H groups in total. The number of rotatable bonds is 9. The maximum atomic E-state index is 14.9. The lowest BCUT2D eigenvalue weighted by molar-refractivity contribution is -0.404. The molecule has 19 atom stereocenters. The van der Waals surface area contributed by atoms with Crippen LogP contribution in [-0.2, 0) is 47.6 Å². The maximum absolute atomic E-state index is 14.9. The van der Waals surface area contributed by atoms with Crippen LogP contribution in [0.5, 0.6) is 0 Å². The summed E-state index contributed by atoms with van der Waals surface area (Å²) in [5, 5.41) is 63.9. The third-order valence-corrected chi connectivity index (χ3v) is 17.0. The Morgan fingerprint density at radius 2 is 1.31 bits per heavy atom. The molecule has 6 fully saturated rings. The second-order valence-corrected chi connectivity index (χ2v) is 20.3. The third-order valence-electron chi connectivity index (χ3n) is 17.0. The molecule has 4 saturated carbocycles. The molecule has 326 valence electrons. The van der Waals surface area contributed by atoms with Crippen molar-refractivity contribution in [1.82, 2.24) is 0 Å². The van der Waals surface area contributed by atoms with E-state index in [1.165, 1.54) is 0 Å². The predicted octanol–water partition coefficient (Wildman–Crippen LogP) is 2.34. The molecule has 0 amide bonds. The van der Waals surface area contributed by atoms with Crippen LogP contribution in [0.1, 0.15) is 106 Å². The van der Waals surface area contributed by atoms with Crippen LogP contribution in [0.4, 0.5) is 0 Å². The van der Waals surface area contributed by atoms with Gasteiger partial charge in [-0.3, -0.25) is 19.2 Å². The number of fused-ring (bicyclic) bond motifs is 7. The number of ether oxygens (including phenoxy) is 6. The fraction of sp³-hybridized carbons (Fsp3) is 0.857. The highest BCUT2D eigenvalue weighted by atomic mass is 16.8. The van der Waals surface area contributed by atoms with Crippen LogP contribution < -0.4 is 0 Å². The van der Waals surface area contributed by atoms with Crippen LogP contribution in [0.15, 0.2) is 11.6 Å². The summed E-state index contributed by atoms with van der Waals surface area (Å²) in [4.78, 5) is 49.8. The molecule has 2 aliphatic heterocycles. The molecule has 58 heavy (non-hydrogen) atoms. The van der Waals surface area contributed by atoms with Gasteiger partial charge in [-0.1, -0.05) is 47.1 Å². The summed E-state index contributed by atoms with van der Waals surface area (Å²) in [6.07, 6.45) is -10.0. The van der Waals surface area contributed by atoms with Crippen LogP contribution in [0, 0.1) is 50.2 Å². The van der Waals surface area contributed by atoms with E-state index < -0.39 is 95.5 Å². The first-order valence-electron chi connectivity index (χ1n) is 20.7. The largest absolute Gasteiger partial charge is 0.481 e. The molecule has 0 aromatic carbocycles. The summed E-state index contributed by atoms with van der Waals surface area (Å²) >= 11 is 0. The number of aliphatic hydroxyl groups excluding tert-OH is 5. The van der Waals surface area contributed by atoms with Gasteiger partial charge in [0.25, 0.3) is 12.9 Å². The zero-order chi connectivity index (χ0) is 42.5. The van der Waals surface area contributed by atoms with E-state index in [9.17, 15) is 49.8 Å². The minimum Gasteiger partial charge on any atom is -0.481 e. The molecule has 2 heterocycles. The summed E-state index contributed by atoms with van der Waals surface area (Å²) in [6.45, 7) is 15.1. The Morgan fingerprint density at radius 3 is 1.93 bits per heavy atom. The number of carbonyl (C=O) groups is 4. The van der Waals surface area contributed by atoms with Crippen LogP contribution in [0.2, 0.25) is 0 Å². The highest BCUT2D eigenvalue weighted by molar-refractivity contribution is 5.95. The van der Waals surface area contributed by atoms with Gasteiger partial charge >= 0.3 is 5.97 Å². The van der Waals surface area contributed by atoms with Gasteiger partial charge in [0.2, 0.25) is 12.6 Å². The van der Waals surface area contributed by atoms with Crippen molar-refractivity contribution in [2.45, 2.75) is 174 Å². The Labute approximate surface area is 338 Å². The first kappa shape index (κ1) is 43.5. The van der Waals surface area contributed by atoms with Gasteiger partial charge in [-0.25, -0.2) is 0 Å². The summed E-state index contributed by atoms with van der Waals surface area (Å²) in [5.41, 5.74) is -1.59. The second-order valence-electron chi connectivity index (χ2n) is 20.3. The molecule has 5 aliphatic carbocycles. The van der Waals surface area contributed by atoms with E-state index in [0.29, 0.717) is 25.7 Å². The lowest BCUT2D eigenvalue weighted by Gasteiger charge is -2.70. The standard InChI is InChI=1S/C42H62O16/c1-37(2)23-8-11-42(7)31(22(45)16-20-21-17-39(4,36(51)52)13-12-38(21,3)14-15-41(20,42)6)40(23,5)10-9-24(37)55-35-30(26(47)29(50)33(58-35)54-19-44)56-34-28(49)25(46)27(48)32(57-34)53-18-43/h16,18-19,21,23-35,46-50H,8-15,17H2,1-7H3,(H,51,52)/t21-,23-,24-,25?,26?,27-,28-,29-,30-,31+,32?,33?,34+,35+,38+,39-,40-,41+,42+/m0/s1. The molecule has 2 saturated heterocycles. The van der Waals surface area contributed by atoms with Gasteiger partial charge < -0.3 is 59.1 Å². The number of allylic oxidation sites excluding steroid dienone is 2. The van der Waals surface area contributed by atoms with Gasteiger partial charge in [0.15, 0.2) is 18.4 Å². The van der Waals surface area contributed by atoms with Crippen molar-refractivity contribution < 1.29 is 78.2 Å². The van der Waals surface area contributed by atoms with Crippen LogP contribution in [0.3, 0.4) is 0 Å². The summed E-state index contributed by atoms with van der Waals surface area (Å²) in [7, 11) is 0. The van der Waals surface area contributed by atoms with Crippen molar-refractivity contribution in [3.63, 3.8) is 0 Å². The maximum Gasteiger partial charge on any atom is 0.309 e. The molecule has 7 aliphatic rings. The van der Waals surface area contributed by atoms with E-state index in [1.54, 1.807) is 0 Å². The Morgan fingerprint density at radius 1 is 0.724 bits per heavy atom. The van der Waals surface area contributed by atoms with Crippen molar-refractivity contribution in [3.8, 4) is 0 Å². The lowest BCUT2D eigenvalue weighted by atomic mass is 9.33. The van der Waals surface area contributed by atoms with Gasteiger partial charge in [-0.15, -0.1) is 0 Å². The highest BCUT2D eigenvalue weighted by Gasteiger charge is 2.71. The molecule has 0 spiro atoms. The molecule has 4 unspecified atom stereocenters. The van der Waals surface area contributed by atoms with Crippen molar-refractivity contribution in [1.29, 1.82) is 0 Å². The van der Waals surface area contributed by atoms with Gasteiger partial charge in [0, 0.05) is 5.92 Å². The lowest BCUT2D eigenvalue weighted by Crippen LogP contribution is -2.68. The van der Waals surface area contributed by atoms with Crippen LogP contribution in [-0.4, -0.2) is 123 Å². The number of carboxylic acids is 1. The molecule has 16 nitrogen and oxygen atoms in total. The van der Waals surface area contributed by atoms with Gasteiger partial charge in [-0.05, 0) is 110 Å². The summed E-state index contributed by atoms with van der Waals surface area (Å²) in [6, 6.07) is 0. The smallest absolute Gasteiger partial charge is 0.309 e. The first-order chi connectivity index (χ1) is 27.0. The fourth-order valence-electron chi connectivity index (χ4n) is 13.2. The van der Waals surface area contributed by atoms with E-state index in [0.717, 1.165) is 37.7 Å². The third kappa shape index (κ3) is 6.41.